The average Bonchev–Trinajstić information content (AvgIpc) is 3.37. The van der Waals surface area contributed by atoms with Gasteiger partial charge in [0.15, 0.2) is 0 Å². The first-order chi connectivity index (χ1) is 15.8. The summed E-state index contributed by atoms with van der Waals surface area (Å²) in [7, 11) is 3.52. The number of aryl methyl sites for hydroxylation is 1. The topological polar surface area (TPSA) is 89.8 Å². The number of esters is 1. The monoisotopic (exact) mass is 448 g/mol. The number of aromatic nitrogens is 1. The fourth-order valence-corrected chi connectivity index (χ4v) is 4.34. The number of methoxy groups -OCH3 is 1. The largest absolute Gasteiger partial charge is 0.507 e. The van der Waals surface area contributed by atoms with Crippen molar-refractivity contribution < 1.29 is 24.2 Å². The van der Waals surface area contributed by atoms with E-state index in [9.17, 15) is 14.7 Å². The fourth-order valence-electron chi connectivity index (χ4n) is 4.34. The SMILES string of the molecule is COc1c(C)c2c(c(O)c1C/C=C(\C)CCC(=O)Nc1cccc3c1ccn3C)C(=O)OC2. The molecule has 1 aliphatic rings. The number of amides is 1. The maximum Gasteiger partial charge on any atom is 0.342 e. The second-order valence-corrected chi connectivity index (χ2v) is 8.38. The summed E-state index contributed by atoms with van der Waals surface area (Å²) in [5.74, 6) is -0.106. The van der Waals surface area contributed by atoms with Crippen LogP contribution in [-0.4, -0.2) is 28.7 Å². The Morgan fingerprint density at radius 3 is 2.85 bits per heavy atom. The van der Waals surface area contributed by atoms with Gasteiger partial charge in [-0.3, -0.25) is 4.79 Å². The summed E-state index contributed by atoms with van der Waals surface area (Å²) in [6.07, 6.45) is 5.22. The van der Waals surface area contributed by atoms with Gasteiger partial charge < -0.3 is 24.5 Å². The molecule has 172 valence electrons. The number of phenolic OH excluding ortho intramolecular Hbond substituents is 1. The van der Waals surface area contributed by atoms with Gasteiger partial charge >= 0.3 is 5.97 Å². The number of cyclic esters (lactones) is 1. The number of fused-ring (bicyclic) bond motifs is 2. The van der Waals surface area contributed by atoms with Crippen LogP contribution in [0.2, 0.25) is 0 Å². The number of allylic oxidation sites excluding steroid dienone is 2. The molecule has 7 heteroatoms. The third-order valence-electron chi connectivity index (χ3n) is 6.25. The molecule has 1 amide bonds. The van der Waals surface area contributed by atoms with E-state index >= 15 is 0 Å². The summed E-state index contributed by atoms with van der Waals surface area (Å²) in [4.78, 5) is 24.6. The van der Waals surface area contributed by atoms with Crippen molar-refractivity contribution in [3.8, 4) is 11.5 Å². The zero-order valence-electron chi connectivity index (χ0n) is 19.3. The van der Waals surface area contributed by atoms with Crippen LogP contribution in [0, 0.1) is 6.92 Å². The van der Waals surface area contributed by atoms with Crippen LogP contribution < -0.4 is 10.1 Å². The molecular formula is C26H28N2O5. The van der Waals surface area contributed by atoms with Gasteiger partial charge in [-0.05, 0) is 50.5 Å². The highest BCUT2D eigenvalue weighted by Crippen LogP contribution is 2.42. The Morgan fingerprint density at radius 2 is 2.09 bits per heavy atom. The first-order valence-electron chi connectivity index (χ1n) is 10.9. The van der Waals surface area contributed by atoms with E-state index in [4.69, 9.17) is 9.47 Å². The van der Waals surface area contributed by atoms with E-state index in [2.05, 4.69) is 5.32 Å². The third-order valence-corrected chi connectivity index (χ3v) is 6.25. The van der Waals surface area contributed by atoms with Crippen molar-refractivity contribution >= 4 is 28.5 Å². The first-order valence-corrected chi connectivity index (χ1v) is 10.9. The maximum atomic E-state index is 12.5. The number of nitrogens with zero attached hydrogens (tertiary/aromatic N) is 1. The molecule has 0 saturated carbocycles. The number of anilines is 1. The summed E-state index contributed by atoms with van der Waals surface area (Å²) in [5, 5.41) is 14.7. The number of rotatable bonds is 7. The van der Waals surface area contributed by atoms with Gasteiger partial charge in [0.05, 0.1) is 12.8 Å². The van der Waals surface area contributed by atoms with Crippen molar-refractivity contribution in [2.24, 2.45) is 7.05 Å². The Labute approximate surface area is 192 Å². The molecule has 2 heterocycles. The molecule has 0 atom stereocenters. The van der Waals surface area contributed by atoms with Crippen LogP contribution in [0.4, 0.5) is 5.69 Å². The van der Waals surface area contributed by atoms with Crippen LogP contribution in [0.15, 0.2) is 42.1 Å². The molecule has 0 fully saturated rings. The molecule has 0 radical (unpaired) electrons. The lowest BCUT2D eigenvalue weighted by Crippen LogP contribution is -2.11. The zero-order chi connectivity index (χ0) is 23.7. The molecule has 4 rings (SSSR count). The lowest BCUT2D eigenvalue weighted by atomic mass is 9.94. The summed E-state index contributed by atoms with van der Waals surface area (Å²) < 4.78 is 12.6. The minimum absolute atomic E-state index is 0.0596. The van der Waals surface area contributed by atoms with Crippen molar-refractivity contribution in [1.82, 2.24) is 4.57 Å². The number of nitrogens with one attached hydrogen (secondary N) is 1. The van der Waals surface area contributed by atoms with Crippen molar-refractivity contribution in [3.63, 3.8) is 0 Å². The minimum Gasteiger partial charge on any atom is -0.507 e. The number of aromatic hydroxyl groups is 1. The van der Waals surface area contributed by atoms with E-state index in [1.54, 1.807) is 7.11 Å². The van der Waals surface area contributed by atoms with Gasteiger partial charge in [0, 0.05) is 41.7 Å². The van der Waals surface area contributed by atoms with Gasteiger partial charge in [0.1, 0.15) is 23.7 Å². The minimum atomic E-state index is -0.514. The van der Waals surface area contributed by atoms with Crippen LogP contribution in [0.25, 0.3) is 10.9 Å². The lowest BCUT2D eigenvalue weighted by Gasteiger charge is -2.15. The second-order valence-electron chi connectivity index (χ2n) is 8.38. The van der Waals surface area contributed by atoms with E-state index in [-0.39, 0.29) is 23.8 Å². The van der Waals surface area contributed by atoms with Gasteiger partial charge in [-0.2, -0.15) is 0 Å². The van der Waals surface area contributed by atoms with Crippen molar-refractivity contribution in [1.29, 1.82) is 0 Å². The average molecular weight is 449 g/mol. The van der Waals surface area contributed by atoms with E-state index in [1.165, 1.54) is 0 Å². The molecule has 0 spiro atoms. The number of benzene rings is 2. The van der Waals surface area contributed by atoms with Crippen LogP contribution in [-0.2, 0) is 29.6 Å². The molecule has 2 N–H and O–H groups in total. The number of hydrogen-bond acceptors (Lipinski definition) is 5. The Morgan fingerprint density at radius 1 is 1.30 bits per heavy atom. The van der Waals surface area contributed by atoms with E-state index in [1.807, 2.05) is 62.0 Å². The van der Waals surface area contributed by atoms with E-state index < -0.39 is 5.97 Å². The predicted molar refractivity (Wildman–Crippen MR) is 127 cm³/mol. The summed E-state index contributed by atoms with van der Waals surface area (Å²) in [6, 6.07) is 7.84. The fraction of sp³-hybridized carbons (Fsp3) is 0.308. The van der Waals surface area contributed by atoms with Crippen molar-refractivity contribution in [2.75, 3.05) is 12.4 Å². The Balaban J connectivity index is 1.44. The third kappa shape index (κ3) is 4.18. The molecule has 33 heavy (non-hydrogen) atoms. The number of hydrogen-bond donors (Lipinski definition) is 2. The van der Waals surface area contributed by atoms with Crippen LogP contribution >= 0.6 is 0 Å². The van der Waals surface area contributed by atoms with E-state index in [0.29, 0.717) is 36.1 Å². The van der Waals surface area contributed by atoms with Crippen LogP contribution in [0.1, 0.15) is 46.8 Å². The standard InChI is InChI=1S/C26H28N2O5/c1-15(9-11-22(29)27-20-6-5-7-21-17(20)12-13-28(21)3)8-10-18-24(30)23-19(14-33-26(23)31)16(2)25(18)32-4/h5-8,12-13,30H,9-11,14H2,1-4H3,(H,27,29)/b15-8+. The Hall–Kier alpha value is -3.74. The normalized spacial score (nSPS) is 13.2. The highest BCUT2D eigenvalue weighted by atomic mass is 16.5. The molecule has 0 saturated heterocycles. The molecule has 0 bridgehead atoms. The first kappa shape index (κ1) is 22.5. The maximum absolute atomic E-state index is 12.5. The molecule has 7 nitrogen and oxygen atoms in total. The number of carbonyl (C=O) groups is 2. The van der Waals surface area contributed by atoms with Crippen molar-refractivity contribution in [3.05, 3.63) is 64.4 Å². The zero-order valence-corrected chi connectivity index (χ0v) is 19.3. The smallest absolute Gasteiger partial charge is 0.342 e. The molecule has 1 aliphatic heterocycles. The molecule has 0 unspecified atom stereocenters. The van der Waals surface area contributed by atoms with Crippen molar-refractivity contribution in [2.45, 2.75) is 39.7 Å². The van der Waals surface area contributed by atoms with Gasteiger partial charge in [-0.1, -0.05) is 17.7 Å². The van der Waals surface area contributed by atoms with Gasteiger partial charge in [0.25, 0.3) is 0 Å². The highest BCUT2D eigenvalue weighted by molar-refractivity contribution is 6.01. The van der Waals surface area contributed by atoms with Crippen LogP contribution in [0.5, 0.6) is 11.5 Å². The van der Waals surface area contributed by atoms with Gasteiger partial charge in [0.2, 0.25) is 5.91 Å². The lowest BCUT2D eigenvalue weighted by molar-refractivity contribution is -0.116. The molecule has 3 aromatic rings. The summed E-state index contributed by atoms with van der Waals surface area (Å²) >= 11 is 0. The summed E-state index contributed by atoms with van der Waals surface area (Å²) in [6.45, 7) is 3.95. The van der Waals surface area contributed by atoms with Gasteiger partial charge in [-0.25, -0.2) is 4.79 Å². The quantitative estimate of drug-likeness (QED) is 0.401. The molecule has 0 aliphatic carbocycles. The Bertz CT molecular complexity index is 1290. The number of phenols is 1. The molecule has 2 aromatic carbocycles. The van der Waals surface area contributed by atoms with E-state index in [0.717, 1.165) is 27.7 Å². The Kier molecular flexibility index (Phi) is 6.14. The van der Waals surface area contributed by atoms with Crippen LogP contribution in [0.3, 0.4) is 0 Å². The van der Waals surface area contributed by atoms with Gasteiger partial charge in [-0.15, -0.1) is 0 Å². The highest BCUT2D eigenvalue weighted by Gasteiger charge is 2.31. The second kappa shape index (κ2) is 9.02. The number of carbonyl (C=O) groups excluding carboxylic acids is 2. The predicted octanol–water partition coefficient (Wildman–Crippen LogP) is 4.78. The molecule has 1 aromatic heterocycles. The number of ether oxygens (including phenoxy) is 2. The summed E-state index contributed by atoms with van der Waals surface area (Å²) in [5.41, 5.74) is 5.11. The molecular weight excluding hydrogens is 420 g/mol.